The molecular weight excluding hydrogens is 361 g/mol. The largest absolute Gasteiger partial charge is 0.405 e. The van der Waals surface area contributed by atoms with Gasteiger partial charge in [-0.2, -0.15) is 28.2 Å². The fourth-order valence-electron chi connectivity index (χ4n) is 2.48. The third-order valence-electron chi connectivity index (χ3n) is 3.68. The van der Waals surface area contributed by atoms with E-state index in [1.165, 1.54) is 6.33 Å². The van der Waals surface area contributed by atoms with Gasteiger partial charge in [0.2, 0.25) is 5.95 Å². The molecule has 3 aromatic heterocycles. The van der Waals surface area contributed by atoms with Gasteiger partial charge < -0.3 is 15.6 Å². The molecule has 0 aliphatic rings. The lowest BCUT2D eigenvalue weighted by atomic mass is 10.3. The van der Waals surface area contributed by atoms with Crippen LogP contribution in [0.2, 0.25) is 0 Å². The van der Waals surface area contributed by atoms with E-state index in [0.717, 1.165) is 5.69 Å². The fraction of sp³-hybridized carbons (Fsp3) is 0.125. The highest BCUT2D eigenvalue weighted by Gasteiger charge is 2.27. The van der Waals surface area contributed by atoms with Crippen molar-refractivity contribution in [2.24, 2.45) is 0 Å². The van der Waals surface area contributed by atoms with E-state index in [-0.39, 0.29) is 11.8 Å². The number of H-pyrrole nitrogens is 1. The Hall–Kier alpha value is -3.63. The summed E-state index contributed by atoms with van der Waals surface area (Å²) in [6.45, 7) is -1.18. The number of rotatable bonds is 5. The Bertz CT molecular complexity index is 1040. The van der Waals surface area contributed by atoms with Gasteiger partial charge in [-0.05, 0) is 30.3 Å². The van der Waals surface area contributed by atoms with E-state index in [9.17, 15) is 13.2 Å². The predicted molar refractivity (Wildman–Crippen MR) is 93.1 cm³/mol. The molecule has 138 valence electrons. The first-order valence-electron chi connectivity index (χ1n) is 7.86. The van der Waals surface area contributed by atoms with Crippen molar-refractivity contribution in [2.75, 3.05) is 17.2 Å². The Morgan fingerprint density at radius 1 is 1.07 bits per heavy atom. The summed E-state index contributed by atoms with van der Waals surface area (Å²) in [7, 11) is 0. The lowest BCUT2D eigenvalue weighted by molar-refractivity contribution is -0.115. The number of alkyl halides is 3. The van der Waals surface area contributed by atoms with Crippen LogP contribution in [0.5, 0.6) is 0 Å². The molecule has 11 heteroatoms. The molecule has 0 aliphatic heterocycles. The quantitative estimate of drug-likeness (QED) is 0.496. The molecule has 8 nitrogen and oxygen atoms in total. The molecule has 0 bridgehead atoms. The molecule has 4 rings (SSSR count). The molecule has 0 atom stereocenters. The van der Waals surface area contributed by atoms with Crippen molar-refractivity contribution in [3.05, 3.63) is 49.2 Å². The van der Waals surface area contributed by atoms with Gasteiger partial charge in [0.25, 0.3) is 0 Å². The summed E-state index contributed by atoms with van der Waals surface area (Å²) in [4.78, 5) is 15.2. The molecule has 3 N–H and O–H groups in total. The SMILES string of the molecule is FC(F)(F)CNc1nc(Nc2ccc(-n3cncn3)cc2)nc2[nH]ccc12. The molecule has 0 spiro atoms. The predicted octanol–water partition coefficient (Wildman–Crippen LogP) is 3.26. The molecule has 0 unspecified atom stereocenters. The number of halogens is 3. The van der Waals surface area contributed by atoms with Crippen LogP contribution in [0, 0.1) is 0 Å². The zero-order valence-corrected chi connectivity index (χ0v) is 13.7. The normalized spacial score (nSPS) is 11.7. The van der Waals surface area contributed by atoms with Gasteiger partial charge in [0, 0.05) is 11.9 Å². The molecule has 0 saturated heterocycles. The van der Waals surface area contributed by atoms with E-state index < -0.39 is 12.7 Å². The molecule has 3 heterocycles. The van der Waals surface area contributed by atoms with Crippen LogP contribution in [0.1, 0.15) is 0 Å². The smallest absolute Gasteiger partial charge is 0.360 e. The third-order valence-corrected chi connectivity index (χ3v) is 3.68. The maximum atomic E-state index is 12.5. The summed E-state index contributed by atoms with van der Waals surface area (Å²) in [5.41, 5.74) is 1.91. The van der Waals surface area contributed by atoms with Gasteiger partial charge >= 0.3 is 6.18 Å². The lowest BCUT2D eigenvalue weighted by Gasteiger charge is -2.12. The monoisotopic (exact) mass is 374 g/mol. The molecule has 0 fully saturated rings. The highest BCUT2D eigenvalue weighted by Crippen LogP contribution is 2.25. The second-order valence-corrected chi connectivity index (χ2v) is 5.62. The van der Waals surface area contributed by atoms with Gasteiger partial charge in [0.1, 0.15) is 30.7 Å². The van der Waals surface area contributed by atoms with Crippen LogP contribution in [0.3, 0.4) is 0 Å². The van der Waals surface area contributed by atoms with Gasteiger partial charge in [0.05, 0.1) is 11.1 Å². The van der Waals surface area contributed by atoms with Crippen molar-refractivity contribution < 1.29 is 13.2 Å². The second kappa shape index (κ2) is 6.59. The maximum absolute atomic E-state index is 12.5. The molecule has 0 saturated carbocycles. The van der Waals surface area contributed by atoms with Crippen molar-refractivity contribution in [1.29, 1.82) is 0 Å². The molecule has 0 amide bonds. The molecule has 0 aliphatic carbocycles. The first kappa shape index (κ1) is 16.8. The number of benzene rings is 1. The van der Waals surface area contributed by atoms with Crippen molar-refractivity contribution >= 4 is 28.5 Å². The van der Waals surface area contributed by atoms with Crippen LogP contribution in [-0.2, 0) is 0 Å². The minimum Gasteiger partial charge on any atom is -0.360 e. The summed E-state index contributed by atoms with van der Waals surface area (Å²) in [6.07, 6.45) is 0.248. The zero-order chi connectivity index (χ0) is 18.9. The summed E-state index contributed by atoms with van der Waals surface area (Å²) in [5, 5.41) is 9.81. The van der Waals surface area contributed by atoms with E-state index in [4.69, 9.17) is 0 Å². The van der Waals surface area contributed by atoms with Crippen LogP contribution in [0.4, 0.5) is 30.6 Å². The van der Waals surface area contributed by atoms with Gasteiger partial charge in [-0.15, -0.1) is 0 Å². The number of nitrogens with zero attached hydrogens (tertiary/aromatic N) is 5. The number of fused-ring (bicyclic) bond motifs is 1. The second-order valence-electron chi connectivity index (χ2n) is 5.62. The first-order chi connectivity index (χ1) is 13.0. The fourth-order valence-corrected chi connectivity index (χ4v) is 2.48. The Labute approximate surface area is 150 Å². The third kappa shape index (κ3) is 3.81. The van der Waals surface area contributed by atoms with Gasteiger partial charge in [0.15, 0.2) is 0 Å². The van der Waals surface area contributed by atoms with E-state index in [2.05, 4.69) is 35.7 Å². The highest BCUT2D eigenvalue weighted by atomic mass is 19.4. The van der Waals surface area contributed by atoms with Gasteiger partial charge in [-0.1, -0.05) is 0 Å². The van der Waals surface area contributed by atoms with Crippen LogP contribution in [-0.4, -0.2) is 42.4 Å². The average Bonchev–Trinajstić information content (AvgIpc) is 3.31. The topological polar surface area (TPSA) is 96.3 Å². The highest BCUT2D eigenvalue weighted by molar-refractivity contribution is 5.88. The van der Waals surface area contributed by atoms with Crippen LogP contribution < -0.4 is 10.6 Å². The van der Waals surface area contributed by atoms with Gasteiger partial charge in [-0.3, -0.25) is 0 Å². The molecular formula is C16H13F3N8. The number of nitrogens with one attached hydrogen (secondary N) is 3. The number of aromatic amines is 1. The van der Waals surface area contributed by atoms with Crippen molar-refractivity contribution in [2.45, 2.75) is 6.18 Å². The number of hydrogen-bond acceptors (Lipinski definition) is 6. The molecule has 1 aromatic carbocycles. The Balaban J connectivity index is 1.58. The molecule has 27 heavy (non-hydrogen) atoms. The minimum absolute atomic E-state index is 0.0975. The van der Waals surface area contributed by atoms with Gasteiger partial charge in [-0.25, -0.2) is 9.67 Å². The minimum atomic E-state index is -4.35. The van der Waals surface area contributed by atoms with E-state index in [1.54, 1.807) is 35.4 Å². The van der Waals surface area contributed by atoms with Crippen molar-refractivity contribution in [3.63, 3.8) is 0 Å². The van der Waals surface area contributed by atoms with E-state index >= 15 is 0 Å². The standard InChI is InChI=1S/C16H13F3N8/c17-16(18,19)7-22-14-12-5-6-21-13(12)25-15(26-14)24-10-1-3-11(4-2-10)27-9-20-8-23-27/h1-6,8-9H,7H2,(H3,21,22,24,25,26). The number of anilines is 3. The molecule has 4 aromatic rings. The zero-order valence-electron chi connectivity index (χ0n) is 13.7. The summed E-state index contributed by atoms with van der Waals surface area (Å²) in [5.74, 6) is 0.267. The van der Waals surface area contributed by atoms with Crippen LogP contribution in [0.15, 0.2) is 49.2 Å². The Morgan fingerprint density at radius 3 is 2.59 bits per heavy atom. The maximum Gasteiger partial charge on any atom is 0.405 e. The van der Waals surface area contributed by atoms with E-state index in [1.807, 2.05) is 12.1 Å². The number of aromatic nitrogens is 6. The summed E-state index contributed by atoms with van der Waals surface area (Å²) in [6, 6.07) is 8.80. The molecule has 0 radical (unpaired) electrons. The van der Waals surface area contributed by atoms with Crippen LogP contribution >= 0.6 is 0 Å². The van der Waals surface area contributed by atoms with Crippen molar-refractivity contribution in [3.8, 4) is 5.69 Å². The Morgan fingerprint density at radius 2 is 1.89 bits per heavy atom. The summed E-state index contributed by atoms with van der Waals surface area (Å²) >= 11 is 0. The van der Waals surface area contributed by atoms with Crippen LogP contribution in [0.25, 0.3) is 16.7 Å². The lowest BCUT2D eigenvalue weighted by Crippen LogP contribution is -2.22. The summed E-state index contributed by atoms with van der Waals surface area (Å²) < 4.78 is 39.2. The van der Waals surface area contributed by atoms with Crippen molar-refractivity contribution in [1.82, 2.24) is 29.7 Å². The average molecular weight is 374 g/mol. The Kier molecular flexibility index (Phi) is 4.11. The first-order valence-corrected chi connectivity index (χ1v) is 7.86. The number of hydrogen-bond donors (Lipinski definition) is 3. The van der Waals surface area contributed by atoms with E-state index in [0.29, 0.717) is 16.7 Å².